The number of nitrogens with zero attached hydrogens (tertiary/aromatic N) is 1. The summed E-state index contributed by atoms with van der Waals surface area (Å²) in [6.45, 7) is 0.586. The van der Waals surface area contributed by atoms with Crippen LogP contribution in [0.5, 0.6) is 0 Å². The molecular weight excluding hydrogens is 158 g/mol. The van der Waals surface area contributed by atoms with Gasteiger partial charge in [0.25, 0.3) is 0 Å². The molecule has 0 unspecified atom stereocenters. The highest BCUT2D eigenvalue weighted by molar-refractivity contribution is 5.84. The van der Waals surface area contributed by atoms with E-state index >= 15 is 0 Å². The summed E-state index contributed by atoms with van der Waals surface area (Å²) >= 11 is 0. The molecule has 0 aliphatic rings. The van der Waals surface area contributed by atoms with Crippen LogP contribution in [0.3, 0.4) is 0 Å². The van der Waals surface area contributed by atoms with E-state index < -0.39 is 5.97 Å². The lowest BCUT2D eigenvalue weighted by Gasteiger charge is -1.91. The van der Waals surface area contributed by atoms with Gasteiger partial charge >= 0.3 is 5.97 Å². The van der Waals surface area contributed by atoms with Crippen LogP contribution < -0.4 is 5.73 Å². The van der Waals surface area contributed by atoms with E-state index in [1.165, 1.54) is 6.20 Å². The lowest BCUT2D eigenvalue weighted by Crippen LogP contribution is -2.02. The Morgan fingerprint density at radius 1 is 1.75 bits per heavy atom. The highest BCUT2D eigenvalue weighted by Crippen LogP contribution is 1.99. The van der Waals surface area contributed by atoms with Crippen molar-refractivity contribution < 1.29 is 9.90 Å². The Morgan fingerprint density at radius 3 is 3.00 bits per heavy atom. The molecule has 0 amide bonds. The van der Waals surface area contributed by atoms with E-state index in [1.807, 2.05) is 0 Å². The molecule has 66 valence electrons. The lowest BCUT2D eigenvalue weighted by molar-refractivity contribution is 0.0691. The fraction of sp³-hybridized carbons (Fsp3) is 0.429. The van der Waals surface area contributed by atoms with Gasteiger partial charge in [0, 0.05) is 6.42 Å². The van der Waals surface area contributed by atoms with E-state index in [-0.39, 0.29) is 5.69 Å². The van der Waals surface area contributed by atoms with Crippen LogP contribution in [-0.2, 0) is 6.42 Å². The Bertz CT molecular complexity index is 269. The molecule has 0 saturated heterocycles. The molecule has 0 aliphatic carbocycles. The predicted octanol–water partition coefficient (Wildman–Crippen LogP) is -0.000800. The Balaban J connectivity index is 2.58. The first kappa shape index (κ1) is 8.73. The Labute approximate surface area is 69.6 Å². The van der Waals surface area contributed by atoms with Crippen molar-refractivity contribution in [1.29, 1.82) is 0 Å². The first-order chi connectivity index (χ1) is 5.74. The average Bonchev–Trinajstić information content (AvgIpc) is 2.48. The molecule has 0 atom stereocenters. The van der Waals surface area contributed by atoms with E-state index in [0.717, 1.165) is 6.42 Å². The van der Waals surface area contributed by atoms with Crippen molar-refractivity contribution in [2.24, 2.45) is 5.73 Å². The zero-order valence-corrected chi connectivity index (χ0v) is 6.58. The summed E-state index contributed by atoms with van der Waals surface area (Å²) in [4.78, 5) is 17.0. The minimum absolute atomic E-state index is 0.127. The zero-order valence-electron chi connectivity index (χ0n) is 6.58. The monoisotopic (exact) mass is 169 g/mol. The molecule has 1 rings (SSSR count). The van der Waals surface area contributed by atoms with Gasteiger partial charge in [0.1, 0.15) is 11.5 Å². The molecule has 1 aromatic rings. The summed E-state index contributed by atoms with van der Waals surface area (Å²) in [6, 6.07) is 0. The Morgan fingerprint density at radius 2 is 2.50 bits per heavy atom. The molecule has 0 fully saturated rings. The summed E-state index contributed by atoms with van der Waals surface area (Å²) in [5, 5.41) is 8.53. The van der Waals surface area contributed by atoms with Gasteiger partial charge in [0.05, 0.1) is 6.20 Å². The number of aromatic nitrogens is 2. The lowest BCUT2D eigenvalue weighted by atomic mass is 10.3. The number of aryl methyl sites for hydroxylation is 1. The number of aromatic carboxylic acids is 1. The summed E-state index contributed by atoms with van der Waals surface area (Å²) in [5.74, 6) is -0.306. The molecule has 0 bridgehead atoms. The highest BCUT2D eigenvalue weighted by atomic mass is 16.4. The second kappa shape index (κ2) is 3.87. The van der Waals surface area contributed by atoms with Crippen LogP contribution in [0.2, 0.25) is 0 Å². The van der Waals surface area contributed by atoms with E-state index in [0.29, 0.717) is 18.8 Å². The molecule has 0 saturated carbocycles. The molecule has 5 nitrogen and oxygen atoms in total. The number of carboxylic acid groups (broad SMARTS) is 1. The second-order valence-electron chi connectivity index (χ2n) is 2.44. The number of nitrogens with two attached hydrogens (primary N) is 1. The third-order valence-electron chi connectivity index (χ3n) is 1.48. The largest absolute Gasteiger partial charge is 0.477 e. The maximum absolute atomic E-state index is 10.4. The van der Waals surface area contributed by atoms with Crippen LogP contribution in [0.1, 0.15) is 22.7 Å². The molecule has 5 heteroatoms. The van der Waals surface area contributed by atoms with Crippen molar-refractivity contribution in [2.75, 3.05) is 6.54 Å². The molecular formula is C7H11N3O2. The van der Waals surface area contributed by atoms with Gasteiger partial charge in [-0.3, -0.25) is 0 Å². The molecule has 12 heavy (non-hydrogen) atoms. The smallest absolute Gasteiger partial charge is 0.353 e. The standard InChI is InChI=1S/C7H11N3O2/c8-3-1-2-6-9-4-5(10-6)7(11)12/h4H,1-3,8H2,(H,9,10)(H,11,12). The second-order valence-corrected chi connectivity index (χ2v) is 2.44. The van der Waals surface area contributed by atoms with Gasteiger partial charge in [0.2, 0.25) is 0 Å². The number of aromatic amines is 1. The van der Waals surface area contributed by atoms with Crippen LogP contribution in [-0.4, -0.2) is 27.6 Å². The first-order valence-corrected chi connectivity index (χ1v) is 3.71. The normalized spacial score (nSPS) is 10.1. The fourth-order valence-electron chi connectivity index (χ4n) is 0.868. The maximum atomic E-state index is 10.4. The SMILES string of the molecule is NCCCc1ncc(C(=O)O)[nH]1. The first-order valence-electron chi connectivity index (χ1n) is 3.71. The number of hydrogen-bond acceptors (Lipinski definition) is 3. The van der Waals surface area contributed by atoms with Crippen LogP contribution >= 0.6 is 0 Å². The number of imidazole rings is 1. The van der Waals surface area contributed by atoms with Crippen LogP contribution in [0, 0.1) is 0 Å². The molecule has 4 N–H and O–H groups in total. The molecule has 0 aromatic carbocycles. The summed E-state index contributed by atoms with van der Waals surface area (Å²) < 4.78 is 0. The van der Waals surface area contributed by atoms with Gasteiger partial charge in [-0.25, -0.2) is 9.78 Å². The van der Waals surface area contributed by atoms with Crippen LogP contribution in [0.4, 0.5) is 0 Å². The van der Waals surface area contributed by atoms with Crippen molar-refractivity contribution in [1.82, 2.24) is 9.97 Å². The number of rotatable bonds is 4. The number of carboxylic acids is 1. The van der Waals surface area contributed by atoms with Crippen LogP contribution in [0.25, 0.3) is 0 Å². The summed E-state index contributed by atoms with van der Waals surface area (Å²) in [5.41, 5.74) is 5.41. The summed E-state index contributed by atoms with van der Waals surface area (Å²) in [7, 11) is 0. The van der Waals surface area contributed by atoms with Crippen molar-refractivity contribution in [2.45, 2.75) is 12.8 Å². The molecule has 1 aromatic heterocycles. The van der Waals surface area contributed by atoms with Gasteiger partial charge in [-0.2, -0.15) is 0 Å². The number of carbonyl (C=O) groups is 1. The third kappa shape index (κ3) is 2.06. The molecule has 0 aliphatic heterocycles. The topological polar surface area (TPSA) is 92.0 Å². The maximum Gasteiger partial charge on any atom is 0.353 e. The number of H-pyrrole nitrogens is 1. The van der Waals surface area contributed by atoms with E-state index in [2.05, 4.69) is 9.97 Å². The molecule has 0 radical (unpaired) electrons. The van der Waals surface area contributed by atoms with E-state index in [9.17, 15) is 4.79 Å². The fourth-order valence-corrected chi connectivity index (χ4v) is 0.868. The number of hydrogen-bond donors (Lipinski definition) is 3. The minimum atomic E-state index is -0.985. The van der Waals surface area contributed by atoms with Gasteiger partial charge in [-0.05, 0) is 13.0 Å². The van der Waals surface area contributed by atoms with E-state index in [4.69, 9.17) is 10.8 Å². The van der Waals surface area contributed by atoms with Crippen molar-refractivity contribution in [3.05, 3.63) is 17.7 Å². The van der Waals surface area contributed by atoms with Gasteiger partial charge in [0.15, 0.2) is 0 Å². The van der Waals surface area contributed by atoms with Crippen molar-refractivity contribution in [3.63, 3.8) is 0 Å². The van der Waals surface area contributed by atoms with Gasteiger partial charge in [-0.1, -0.05) is 0 Å². The minimum Gasteiger partial charge on any atom is -0.477 e. The third-order valence-corrected chi connectivity index (χ3v) is 1.48. The highest BCUT2D eigenvalue weighted by Gasteiger charge is 2.05. The van der Waals surface area contributed by atoms with Crippen molar-refractivity contribution in [3.8, 4) is 0 Å². The van der Waals surface area contributed by atoms with Crippen molar-refractivity contribution >= 4 is 5.97 Å². The quantitative estimate of drug-likeness (QED) is 0.591. The Hall–Kier alpha value is -1.36. The molecule has 1 heterocycles. The average molecular weight is 169 g/mol. The Kier molecular flexibility index (Phi) is 2.82. The number of nitrogens with one attached hydrogen (secondary N) is 1. The summed E-state index contributed by atoms with van der Waals surface area (Å²) in [6.07, 6.45) is 2.82. The molecule has 0 spiro atoms. The van der Waals surface area contributed by atoms with E-state index in [1.54, 1.807) is 0 Å². The van der Waals surface area contributed by atoms with Gasteiger partial charge in [-0.15, -0.1) is 0 Å². The van der Waals surface area contributed by atoms with Crippen LogP contribution in [0.15, 0.2) is 6.20 Å². The zero-order chi connectivity index (χ0) is 8.97. The van der Waals surface area contributed by atoms with Gasteiger partial charge < -0.3 is 15.8 Å². The predicted molar refractivity (Wildman–Crippen MR) is 42.9 cm³/mol.